The molecule has 2 aromatic rings. The van der Waals surface area contributed by atoms with Gasteiger partial charge in [0.05, 0.1) is 10.5 Å². The number of pyridine rings is 1. The van der Waals surface area contributed by atoms with Gasteiger partial charge < -0.3 is 0 Å². The quantitative estimate of drug-likeness (QED) is 0.676. The van der Waals surface area contributed by atoms with Crippen molar-refractivity contribution >= 4 is 22.5 Å². The van der Waals surface area contributed by atoms with Crippen LogP contribution in [0.5, 0.6) is 0 Å². The van der Waals surface area contributed by atoms with Gasteiger partial charge >= 0.3 is 0 Å². The van der Waals surface area contributed by atoms with Crippen LogP contribution in [-0.2, 0) is 12.8 Å². The Balaban J connectivity index is 2.46. The van der Waals surface area contributed by atoms with Crippen LogP contribution < -0.4 is 0 Å². The fraction of sp³-hybridized carbons (Fsp3) is 0.308. The second-order valence-corrected chi connectivity index (χ2v) is 4.70. The van der Waals surface area contributed by atoms with Crippen LogP contribution in [0.2, 0.25) is 5.02 Å². The van der Waals surface area contributed by atoms with E-state index >= 15 is 0 Å². The SMILES string of the molecule is Cc1cc(F)cc2c(Cl)c3c(nc12)CCC3. The average Bonchev–Trinajstić information content (AvgIpc) is 2.68. The van der Waals surface area contributed by atoms with E-state index in [1.54, 1.807) is 0 Å². The Bertz CT molecular complexity index is 592. The van der Waals surface area contributed by atoms with E-state index in [1.165, 1.54) is 12.1 Å². The molecule has 0 saturated carbocycles. The van der Waals surface area contributed by atoms with E-state index in [-0.39, 0.29) is 5.82 Å². The van der Waals surface area contributed by atoms with Crippen LogP contribution in [0.4, 0.5) is 4.39 Å². The number of aromatic nitrogens is 1. The molecule has 0 aliphatic heterocycles. The molecule has 1 aromatic carbocycles. The maximum absolute atomic E-state index is 13.3. The minimum absolute atomic E-state index is 0.244. The number of aryl methyl sites for hydroxylation is 2. The monoisotopic (exact) mass is 235 g/mol. The third-order valence-corrected chi connectivity index (χ3v) is 3.63. The lowest BCUT2D eigenvalue weighted by Crippen LogP contribution is -1.94. The number of hydrogen-bond acceptors (Lipinski definition) is 1. The number of nitrogens with zero attached hydrogens (tertiary/aromatic N) is 1. The predicted octanol–water partition coefficient (Wildman–Crippen LogP) is 3.82. The zero-order chi connectivity index (χ0) is 11.3. The molecule has 0 unspecified atom stereocenters. The van der Waals surface area contributed by atoms with Crippen LogP contribution in [0, 0.1) is 12.7 Å². The molecule has 16 heavy (non-hydrogen) atoms. The molecule has 0 radical (unpaired) electrons. The fourth-order valence-electron chi connectivity index (χ4n) is 2.44. The van der Waals surface area contributed by atoms with Crippen molar-refractivity contribution < 1.29 is 4.39 Å². The third-order valence-electron chi connectivity index (χ3n) is 3.20. The lowest BCUT2D eigenvalue weighted by Gasteiger charge is -2.08. The molecule has 1 heterocycles. The van der Waals surface area contributed by atoms with Gasteiger partial charge in [-0.1, -0.05) is 11.6 Å². The normalized spacial score (nSPS) is 14.4. The first-order chi connectivity index (χ1) is 7.66. The molecular formula is C13H11ClFN. The Morgan fingerprint density at radius 1 is 1.31 bits per heavy atom. The minimum Gasteiger partial charge on any atom is -0.252 e. The summed E-state index contributed by atoms with van der Waals surface area (Å²) in [6.07, 6.45) is 3.05. The van der Waals surface area contributed by atoms with E-state index in [4.69, 9.17) is 11.6 Å². The summed E-state index contributed by atoms with van der Waals surface area (Å²) < 4.78 is 13.3. The molecule has 0 saturated heterocycles. The van der Waals surface area contributed by atoms with Crippen LogP contribution in [0.3, 0.4) is 0 Å². The Hall–Kier alpha value is -1.15. The summed E-state index contributed by atoms with van der Waals surface area (Å²) in [6.45, 7) is 1.87. The van der Waals surface area contributed by atoms with Crippen LogP contribution in [0.1, 0.15) is 23.2 Å². The molecule has 0 N–H and O–H groups in total. The first-order valence-corrected chi connectivity index (χ1v) is 5.81. The second kappa shape index (κ2) is 3.42. The number of benzene rings is 1. The average molecular weight is 236 g/mol. The van der Waals surface area contributed by atoms with Crippen molar-refractivity contribution in [1.29, 1.82) is 0 Å². The summed E-state index contributed by atoms with van der Waals surface area (Å²) in [6, 6.07) is 2.99. The van der Waals surface area contributed by atoms with Gasteiger partial charge in [-0.15, -0.1) is 0 Å². The summed E-state index contributed by atoms with van der Waals surface area (Å²) in [7, 11) is 0. The molecule has 0 amide bonds. The summed E-state index contributed by atoms with van der Waals surface area (Å²) in [5.41, 5.74) is 3.89. The van der Waals surface area contributed by atoms with Crippen molar-refractivity contribution in [3.8, 4) is 0 Å². The number of halogens is 2. The van der Waals surface area contributed by atoms with Gasteiger partial charge in [0, 0.05) is 11.1 Å². The fourth-order valence-corrected chi connectivity index (χ4v) is 2.78. The maximum atomic E-state index is 13.3. The Kier molecular flexibility index (Phi) is 2.15. The van der Waals surface area contributed by atoms with Crippen LogP contribution in [0.25, 0.3) is 10.9 Å². The molecule has 0 atom stereocenters. The molecule has 1 nitrogen and oxygen atoms in total. The number of hydrogen-bond donors (Lipinski definition) is 0. The van der Waals surface area contributed by atoms with E-state index in [0.29, 0.717) is 5.02 Å². The largest absolute Gasteiger partial charge is 0.252 e. The van der Waals surface area contributed by atoms with Crippen molar-refractivity contribution in [2.45, 2.75) is 26.2 Å². The Morgan fingerprint density at radius 2 is 2.12 bits per heavy atom. The van der Waals surface area contributed by atoms with Gasteiger partial charge in [0.2, 0.25) is 0 Å². The van der Waals surface area contributed by atoms with Crippen molar-refractivity contribution in [2.75, 3.05) is 0 Å². The highest BCUT2D eigenvalue weighted by Gasteiger charge is 2.19. The molecule has 1 aliphatic rings. The van der Waals surface area contributed by atoms with Crippen molar-refractivity contribution in [3.05, 3.63) is 39.8 Å². The van der Waals surface area contributed by atoms with Gasteiger partial charge in [-0.2, -0.15) is 0 Å². The van der Waals surface area contributed by atoms with Crippen LogP contribution in [0.15, 0.2) is 12.1 Å². The third kappa shape index (κ3) is 1.33. The van der Waals surface area contributed by atoms with Crippen molar-refractivity contribution in [1.82, 2.24) is 4.98 Å². The summed E-state index contributed by atoms with van der Waals surface area (Å²) >= 11 is 6.32. The predicted molar refractivity (Wildman–Crippen MR) is 63.5 cm³/mol. The van der Waals surface area contributed by atoms with Gasteiger partial charge in [-0.05, 0) is 49.4 Å². The lowest BCUT2D eigenvalue weighted by atomic mass is 10.1. The van der Waals surface area contributed by atoms with E-state index in [9.17, 15) is 4.39 Å². The van der Waals surface area contributed by atoms with Crippen molar-refractivity contribution in [2.24, 2.45) is 0 Å². The maximum Gasteiger partial charge on any atom is 0.124 e. The zero-order valence-electron chi connectivity index (χ0n) is 8.98. The van der Waals surface area contributed by atoms with Gasteiger partial charge in [-0.3, -0.25) is 4.98 Å². The number of rotatable bonds is 0. The smallest absolute Gasteiger partial charge is 0.124 e. The molecule has 0 spiro atoms. The molecule has 1 aliphatic carbocycles. The first kappa shape index (κ1) is 10.0. The van der Waals surface area contributed by atoms with E-state index in [1.807, 2.05) is 6.92 Å². The summed E-state index contributed by atoms with van der Waals surface area (Å²) in [5, 5.41) is 1.44. The lowest BCUT2D eigenvalue weighted by molar-refractivity contribution is 0.628. The topological polar surface area (TPSA) is 12.9 Å². The van der Waals surface area contributed by atoms with Crippen molar-refractivity contribution in [3.63, 3.8) is 0 Å². The molecule has 0 bridgehead atoms. The number of fused-ring (bicyclic) bond motifs is 2. The molecule has 0 fully saturated rings. The highest BCUT2D eigenvalue weighted by Crippen LogP contribution is 2.34. The van der Waals surface area contributed by atoms with Crippen LogP contribution >= 0.6 is 11.6 Å². The van der Waals surface area contributed by atoms with E-state index in [0.717, 1.165) is 47.0 Å². The van der Waals surface area contributed by atoms with Gasteiger partial charge in [0.15, 0.2) is 0 Å². The van der Waals surface area contributed by atoms with Gasteiger partial charge in [0.1, 0.15) is 5.82 Å². The minimum atomic E-state index is -0.244. The van der Waals surface area contributed by atoms with E-state index < -0.39 is 0 Å². The standard InChI is InChI=1S/C13H11ClFN/c1-7-5-8(15)6-10-12(14)9-3-2-4-11(9)16-13(7)10/h5-6H,2-4H2,1H3. The molecule has 1 aromatic heterocycles. The second-order valence-electron chi connectivity index (χ2n) is 4.32. The first-order valence-electron chi connectivity index (χ1n) is 5.44. The Morgan fingerprint density at radius 3 is 2.94 bits per heavy atom. The Labute approximate surface area is 98.3 Å². The summed E-state index contributed by atoms with van der Waals surface area (Å²) in [5.74, 6) is -0.244. The highest BCUT2D eigenvalue weighted by molar-refractivity contribution is 6.36. The highest BCUT2D eigenvalue weighted by atomic mass is 35.5. The van der Waals surface area contributed by atoms with Crippen LogP contribution in [-0.4, -0.2) is 4.98 Å². The molecule has 3 rings (SSSR count). The molecule has 82 valence electrons. The molecular weight excluding hydrogens is 225 g/mol. The summed E-state index contributed by atoms with van der Waals surface area (Å²) in [4.78, 5) is 4.61. The zero-order valence-corrected chi connectivity index (χ0v) is 9.74. The van der Waals surface area contributed by atoms with E-state index in [2.05, 4.69) is 4.98 Å². The molecule has 3 heteroatoms. The van der Waals surface area contributed by atoms with Gasteiger partial charge in [-0.25, -0.2) is 4.39 Å². The van der Waals surface area contributed by atoms with Gasteiger partial charge in [0.25, 0.3) is 0 Å².